The Kier molecular flexibility index (Phi) is 2.14. The highest BCUT2D eigenvalue weighted by Gasteiger charge is 2.42. The lowest BCUT2D eigenvalue weighted by atomic mass is 9.93. The molecule has 1 N–H and O–H groups in total. The maximum absolute atomic E-state index is 5.31. The summed E-state index contributed by atoms with van der Waals surface area (Å²) in [6.45, 7) is 0. The average molecular weight is 171 g/mol. The molecule has 1 fully saturated rings. The largest absolute Gasteiger partial charge is 0.377 e. The van der Waals surface area contributed by atoms with Gasteiger partial charge in [0.25, 0.3) is 0 Å². The highest BCUT2D eigenvalue weighted by molar-refractivity contribution is 5.14. The molecule has 1 saturated heterocycles. The van der Waals surface area contributed by atoms with Crippen LogP contribution in [0, 0.1) is 0 Å². The Bertz CT molecular complexity index is 175. The van der Waals surface area contributed by atoms with E-state index >= 15 is 0 Å². The van der Waals surface area contributed by atoms with Crippen molar-refractivity contribution in [3.05, 3.63) is 12.2 Å². The minimum Gasteiger partial charge on any atom is -0.377 e. The Balaban J connectivity index is 2.18. The predicted molar refractivity (Wildman–Crippen MR) is 42.5 cm³/mol. The lowest BCUT2D eigenvalue weighted by Crippen LogP contribution is -2.61. The van der Waals surface area contributed by atoms with Gasteiger partial charge in [-0.2, -0.15) is 5.48 Å². The molecule has 1 aliphatic carbocycles. The lowest BCUT2D eigenvalue weighted by molar-refractivity contribution is -0.193. The quantitative estimate of drug-likeness (QED) is 0.587. The monoisotopic (exact) mass is 171 g/mol. The van der Waals surface area contributed by atoms with Crippen LogP contribution in [0.25, 0.3) is 0 Å². The second-order valence-electron chi connectivity index (χ2n) is 3.01. The third-order valence-electron chi connectivity index (χ3n) is 2.39. The molecule has 0 aromatic rings. The van der Waals surface area contributed by atoms with Crippen LogP contribution in [0.3, 0.4) is 0 Å². The summed E-state index contributed by atoms with van der Waals surface area (Å²) in [6.07, 6.45) is 4.10. The van der Waals surface area contributed by atoms with E-state index in [4.69, 9.17) is 14.3 Å². The van der Waals surface area contributed by atoms with Gasteiger partial charge in [0.2, 0.25) is 0 Å². The van der Waals surface area contributed by atoms with Crippen molar-refractivity contribution < 1.29 is 14.3 Å². The van der Waals surface area contributed by atoms with E-state index < -0.39 is 0 Å². The van der Waals surface area contributed by atoms with Gasteiger partial charge < -0.3 is 9.47 Å². The van der Waals surface area contributed by atoms with E-state index in [9.17, 15) is 0 Å². The second-order valence-corrected chi connectivity index (χ2v) is 3.01. The number of hydrogen-bond donors (Lipinski definition) is 1. The van der Waals surface area contributed by atoms with Crippen molar-refractivity contribution >= 4 is 0 Å². The van der Waals surface area contributed by atoms with Crippen molar-refractivity contribution in [1.82, 2.24) is 5.48 Å². The van der Waals surface area contributed by atoms with E-state index in [0.29, 0.717) is 0 Å². The molecule has 3 aliphatic rings. The summed E-state index contributed by atoms with van der Waals surface area (Å²) >= 11 is 0. The third kappa shape index (κ3) is 1.08. The number of nitrogens with one attached hydrogen (secondary N) is 1. The Morgan fingerprint density at radius 2 is 1.92 bits per heavy atom. The maximum Gasteiger partial charge on any atom is 0.126 e. The SMILES string of the molecule is CO[C@H]1[C@H](OC)[C@H]2C=C[C@@H]1ON2. The minimum atomic E-state index is -0.0232. The van der Waals surface area contributed by atoms with Crippen LogP contribution >= 0.6 is 0 Å². The number of methoxy groups -OCH3 is 2. The molecule has 12 heavy (non-hydrogen) atoms. The Hall–Kier alpha value is -0.420. The van der Waals surface area contributed by atoms with Gasteiger partial charge in [0, 0.05) is 14.2 Å². The molecule has 68 valence electrons. The van der Waals surface area contributed by atoms with Crippen LogP contribution in [0.4, 0.5) is 0 Å². The second kappa shape index (κ2) is 3.14. The molecule has 0 spiro atoms. The van der Waals surface area contributed by atoms with Crippen LogP contribution in [0.1, 0.15) is 0 Å². The summed E-state index contributed by atoms with van der Waals surface area (Å²) in [6, 6.07) is 0.116. The van der Waals surface area contributed by atoms with E-state index in [0.717, 1.165) is 0 Å². The van der Waals surface area contributed by atoms with Crippen LogP contribution in [0.5, 0.6) is 0 Å². The van der Waals surface area contributed by atoms with Gasteiger partial charge in [-0.15, -0.1) is 0 Å². The van der Waals surface area contributed by atoms with Crippen molar-refractivity contribution in [1.29, 1.82) is 0 Å². The van der Waals surface area contributed by atoms with Crippen molar-refractivity contribution in [3.63, 3.8) is 0 Å². The van der Waals surface area contributed by atoms with Crippen LogP contribution in [0.2, 0.25) is 0 Å². The van der Waals surface area contributed by atoms with Crippen LogP contribution < -0.4 is 5.48 Å². The fourth-order valence-corrected chi connectivity index (χ4v) is 1.76. The number of hydrogen-bond acceptors (Lipinski definition) is 4. The molecule has 0 amide bonds. The topological polar surface area (TPSA) is 39.7 Å². The molecule has 4 atom stereocenters. The molecule has 0 radical (unpaired) electrons. The molecule has 4 nitrogen and oxygen atoms in total. The predicted octanol–water partition coefficient (Wildman–Crippen LogP) is -0.142. The Morgan fingerprint density at radius 3 is 2.33 bits per heavy atom. The van der Waals surface area contributed by atoms with E-state index in [1.54, 1.807) is 14.2 Å². The third-order valence-corrected chi connectivity index (χ3v) is 2.39. The molecule has 2 aliphatic heterocycles. The van der Waals surface area contributed by atoms with E-state index in [-0.39, 0.29) is 24.4 Å². The Labute approximate surface area is 71.4 Å². The van der Waals surface area contributed by atoms with Crippen LogP contribution in [-0.4, -0.2) is 38.6 Å². The standard InChI is InChI=1S/C8H13NO3/c1-10-7-5-3-4-6(12-9-5)8(7)11-2/h3-9H,1-2H3/t5-,6+,7-,8-/m1/s1. The summed E-state index contributed by atoms with van der Waals surface area (Å²) < 4.78 is 10.6. The van der Waals surface area contributed by atoms with E-state index in [1.807, 2.05) is 6.08 Å². The van der Waals surface area contributed by atoms with Crippen molar-refractivity contribution in [2.24, 2.45) is 0 Å². The van der Waals surface area contributed by atoms with Crippen LogP contribution in [0.15, 0.2) is 12.2 Å². The highest BCUT2D eigenvalue weighted by Crippen LogP contribution is 2.25. The molecule has 2 bridgehead atoms. The normalized spacial score (nSPS) is 45.2. The van der Waals surface area contributed by atoms with Gasteiger partial charge in [-0.1, -0.05) is 12.2 Å². The molecular weight excluding hydrogens is 158 g/mol. The number of rotatable bonds is 2. The summed E-state index contributed by atoms with van der Waals surface area (Å²) in [5.74, 6) is 0. The zero-order chi connectivity index (χ0) is 8.55. The van der Waals surface area contributed by atoms with Gasteiger partial charge in [0.15, 0.2) is 0 Å². The summed E-state index contributed by atoms with van der Waals surface area (Å²) in [7, 11) is 3.36. The zero-order valence-corrected chi connectivity index (χ0v) is 7.19. The van der Waals surface area contributed by atoms with Gasteiger partial charge in [-0.05, 0) is 0 Å². The van der Waals surface area contributed by atoms with Crippen molar-refractivity contribution in [3.8, 4) is 0 Å². The molecule has 4 heteroatoms. The first-order valence-corrected chi connectivity index (χ1v) is 4.02. The maximum atomic E-state index is 5.31. The smallest absolute Gasteiger partial charge is 0.126 e. The van der Waals surface area contributed by atoms with Crippen molar-refractivity contribution in [2.45, 2.75) is 24.4 Å². The minimum absolute atomic E-state index is 0.00579. The number of hydroxylamine groups is 1. The first kappa shape index (κ1) is 8.19. The fourth-order valence-electron chi connectivity index (χ4n) is 1.76. The average Bonchev–Trinajstić information content (AvgIpc) is 2.18. The van der Waals surface area contributed by atoms with E-state index in [1.165, 1.54) is 0 Å². The molecule has 2 heterocycles. The number of fused-ring (bicyclic) bond motifs is 2. The van der Waals surface area contributed by atoms with Gasteiger partial charge in [0.05, 0.1) is 6.04 Å². The summed E-state index contributed by atoms with van der Waals surface area (Å²) in [5, 5.41) is 0. The van der Waals surface area contributed by atoms with Gasteiger partial charge in [0.1, 0.15) is 18.3 Å². The molecule has 0 unspecified atom stereocenters. The molecule has 3 rings (SSSR count). The summed E-state index contributed by atoms with van der Waals surface area (Å²) in [5.41, 5.74) is 2.89. The van der Waals surface area contributed by atoms with Crippen LogP contribution in [-0.2, 0) is 14.3 Å². The first-order chi connectivity index (χ1) is 5.86. The Morgan fingerprint density at radius 1 is 1.17 bits per heavy atom. The van der Waals surface area contributed by atoms with E-state index in [2.05, 4.69) is 11.6 Å². The summed E-state index contributed by atoms with van der Waals surface area (Å²) in [4.78, 5) is 5.27. The van der Waals surface area contributed by atoms with Crippen molar-refractivity contribution in [2.75, 3.05) is 14.2 Å². The zero-order valence-electron chi connectivity index (χ0n) is 7.19. The van der Waals surface area contributed by atoms with Gasteiger partial charge in [-0.25, -0.2) is 0 Å². The lowest BCUT2D eigenvalue weighted by Gasteiger charge is -2.42. The molecule has 0 aromatic heterocycles. The molecular formula is C8H13NO3. The molecule has 0 saturated carbocycles. The van der Waals surface area contributed by atoms with Gasteiger partial charge in [-0.3, -0.25) is 4.84 Å². The fraction of sp³-hybridized carbons (Fsp3) is 0.750. The highest BCUT2D eigenvalue weighted by atomic mass is 16.7. The first-order valence-electron chi connectivity index (χ1n) is 4.02. The number of ether oxygens (including phenoxy) is 2. The molecule has 0 aromatic carbocycles. The van der Waals surface area contributed by atoms with Gasteiger partial charge >= 0.3 is 0 Å².